The van der Waals surface area contributed by atoms with Gasteiger partial charge in [0.15, 0.2) is 5.16 Å². The Kier molecular flexibility index (Phi) is 6.41. The Balaban J connectivity index is 1.45. The molecule has 6 heteroatoms. The largest absolute Gasteiger partial charge is 0.329 e. The summed E-state index contributed by atoms with van der Waals surface area (Å²) >= 11 is 3.30. The highest BCUT2D eigenvalue weighted by molar-refractivity contribution is 7.99. The fourth-order valence-electron chi connectivity index (χ4n) is 2.28. The Morgan fingerprint density at radius 3 is 2.42 bits per heavy atom. The SMILES string of the molecule is Cc1ccc(SCCC(=O)Nc2ccc(Sc3nccn3C)cc2)cc1. The van der Waals surface area contributed by atoms with Crippen LogP contribution in [0.1, 0.15) is 12.0 Å². The van der Waals surface area contributed by atoms with Crippen molar-refractivity contribution in [2.45, 2.75) is 28.3 Å². The molecule has 0 saturated heterocycles. The lowest BCUT2D eigenvalue weighted by atomic mass is 10.2. The summed E-state index contributed by atoms with van der Waals surface area (Å²) in [7, 11) is 1.97. The zero-order chi connectivity index (χ0) is 18.4. The zero-order valence-electron chi connectivity index (χ0n) is 14.8. The molecule has 3 rings (SSSR count). The van der Waals surface area contributed by atoms with Gasteiger partial charge in [-0.1, -0.05) is 29.5 Å². The standard InChI is InChI=1S/C20H21N3OS2/c1-15-3-7-17(8-4-15)25-14-11-19(24)22-16-5-9-18(10-6-16)26-20-21-12-13-23(20)2/h3-10,12-13H,11,14H2,1-2H3,(H,22,24). The summed E-state index contributed by atoms with van der Waals surface area (Å²) in [5, 5.41) is 3.89. The van der Waals surface area contributed by atoms with Gasteiger partial charge >= 0.3 is 0 Å². The second kappa shape index (κ2) is 8.96. The van der Waals surface area contributed by atoms with Crippen molar-refractivity contribution in [3.05, 3.63) is 66.5 Å². The maximum absolute atomic E-state index is 12.1. The molecule has 0 saturated carbocycles. The molecule has 1 heterocycles. The van der Waals surface area contributed by atoms with Gasteiger partial charge in [-0.05, 0) is 43.3 Å². The van der Waals surface area contributed by atoms with Gasteiger partial charge in [-0.3, -0.25) is 4.79 Å². The summed E-state index contributed by atoms with van der Waals surface area (Å²) in [5.41, 5.74) is 2.07. The Morgan fingerprint density at radius 1 is 1.08 bits per heavy atom. The lowest BCUT2D eigenvalue weighted by Crippen LogP contribution is -2.12. The Hall–Kier alpha value is -2.18. The molecule has 26 heavy (non-hydrogen) atoms. The summed E-state index contributed by atoms with van der Waals surface area (Å²) < 4.78 is 1.98. The summed E-state index contributed by atoms with van der Waals surface area (Å²) in [5.74, 6) is 0.802. The van der Waals surface area contributed by atoms with Gasteiger partial charge in [-0.25, -0.2) is 4.98 Å². The number of hydrogen-bond acceptors (Lipinski definition) is 4. The first-order chi connectivity index (χ1) is 12.6. The zero-order valence-corrected chi connectivity index (χ0v) is 16.4. The molecule has 0 fully saturated rings. The predicted octanol–water partition coefficient (Wildman–Crippen LogP) is 5.00. The van der Waals surface area contributed by atoms with E-state index in [1.165, 1.54) is 10.5 Å². The molecule has 134 valence electrons. The lowest BCUT2D eigenvalue weighted by molar-refractivity contribution is -0.115. The number of nitrogens with one attached hydrogen (secondary N) is 1. The average Bonchev–Trinajstić information content (AvgIpc) is 3.03. The normalized spacial score (nSPS) is 10.7. The van der Waals surface area contributed by atoms with Crippen LogP contribution in [0.3, 0.4) is 0 Å². The van der Waals surface area contributed by atoms with E-state index in [2.05, 4.69) is 41.5 Å². The van der Waals surface area contributed by atoms with Crippen LogP contribution in [0.2, 0.25) is 0 Å². The molecular formula is C20H21N3OS2. The highest BCUT2D eigenvalue weighted by Crippen LogP contribution is 2.27. The third kappa shape index (κ3) is 5.41. The first-order valence-electron chi connectivity index (χ1n) is 8.35. The second-order valence-electron chi connectivity index (χ2n) is 5.91. The van der Waals surface area contributed by atoms with Gasteiger partial charge in [0.1, 0.15) is 0 Å². The van der Waals surface area contributed by atoms with Crippen LogP contribution in [0.25, 0.3) is 0 Å². The molecule has 1 aromatic heterocycles. The van der Waals surface area contributed by atoms with E-state index >= 15 is 0 Å². The molecule has 0 aliphatic rings. The van der Waals surface area contributed by atoms with Crippen LogP contribution in [-0.2, 0) is 11.8 Å². The Bertz CT molecular complexity index is 858. The number of rotatable bonds is 7. The molecule has 0 aliphatic carbocycles. The Morgan fingerprint density at radius 2 is 1.77 bits per heavy atom. The van der Waals surface area contributed by atoms with Gasteiger partial charge in [-0.15, -0.1) is 11.8 Å². The topological polar surface area (TPSA) is 46.9 Å². The number of hydrogen-bond donors (Lipinski definition) is 1. The number of anilines is 1. The Labute approximate surface area is 162 Å². The summed E-state index contributed by atoms with van der Waals surface area (Å²) in [6.07, 6.45) is 4.19. The third-order valence-electron chi connectivity index (χ3n) is 3.74. The second-order valence-corrected chi connectivity index (χ2v) is 8.12. The maximum atomic E-state index is 12.1. The van der Waals surface area contributed by atoms with Crippen molar-refractivity contribution in [2.75, 3.05) is 11.1 Å². The molecule has 0 aliphatic heterocycles. The van der Waals surface area contributed by atoms with Crippen LogP contribution >= 0.6 is 23.5 Å². The van der Waals surface area contributed by atoms with E-state index in [4.69, 9.17) is 0 Å². The van der Waals surface area contributed by atoms with Crippen molar-refractivity contribution in [3.63, 3.8) is 0 Å². The molecule has 0 atom stereocenters. The van der Waals surface area contributed by atoms with Gasteiger partial charge < -0.3 is 9.88 Å². The molecule has 0 unspecified atom stereocenters. The number of thioether (sulfide) groups is 1. The van der Waals surface area contributed by atoms with Crippen molar-refractivity contribution in [1.29, 1.82) is 0 Å². The summed E-state index contributed by atoms with van der Waals surface area (Å²) in [6, 6.07) is 16.2. The van der Waals surface area contributed by atoms with Crippen LogP contribution in [0.4, 0.5) is 5.69 Å². The summed E-state index contributed by atoms with van der Waals surface area (Å²) in [4.78, 5) is 18.7. The fourth-order valence-corrected chi connectivity index (χ4v) is 3.93. The number of carbonyl (C=O) groups excluding carboxylic acids is 1. The number of aryl methyl sites for hydroxylation is 2. The number of nitrogens with zero attached hydrogens (tertiary/aromatic N) is 2. The van der Waals surface area contributed by atoms with Gasteiger partial charge in [0, 0.05) is 47.1 Å². The van der Waals surface area contributed by atoms with Crippen molar-refractivity contribution in [1.82, 2.24) is 9.55 Å². The molecule has 0 spiro atoms. The minimum absolute atomic E-state index is 0.0362. The van der Waals surface area contributed by atoms with Gasteiger partial charge in [-0.2, -0.15) is 0 Å². The highest BCUT2D eigenvalue weighted by Gasteiger charge is 2.05. The lowest BCUT2D eigenvalue weighted by Gasteiger charge is -2.07. The van der Waals surface area contributed by atoms with E-state index in [9.17, 15) is 4.79 Å². The smallest absolute Gasteiger partial charge is 0.225 e. The molecule has 0 bridgehead atoms. The van der Waals surface area contributed by atoms with Gasteiger partial charge in [0.2, 0.25) is 5.91 Å². The van der Waals surface area contributed by atoms with E-state index in [1.807, 2.05) is 42.1 Å². The maximum Gasteiger partial charge on any atom is 0.225 e. The highest BCUT2D eigenvalue weighted by atomic mass is 32.2. The molecule has 4 nitrogen and oxygen atoms in total. The fraction of sp³-hybridized carbons (Fsp3) is 0.200. The quantitative estimate of drug-likeness (QED) is 0.583. The molecule has 1 N–H and O–H groups in total. The molecule has 2 aromatic carbocycles. The van der Waals surface area contributed by atoms with Gasteiger partial charge in [0.05, 0.1) is 0 Å². The average molecular weight is 384 g/mol. The first-order valence-corrected chi connectivity index (χ1v) is 10.1. The van der Waals surface area contributed by atoms with Crippen LogP contribution in [0, 0.1) is 6.92 Å². The van der Waals surface area contributed by atoms with E-state index in [0.29, 0.717) is 6.42 Å². The summed E-state index contributed by atoms with van der Waals surface area (Å²) in [6.45, 7) is 2.07. The molecule has 0 radical (unpaired) electrons. The first kappa shape index (κ1) is 18.6. The van der Waals surface area contributed by atoms with Crippen LogP contribution in [0.5, 0.6) is 0 Å². The number of carbonyl (C=O) groups is 1. The monoisotopic (exact) mass is 383 g/mol. The van der Waals surface area contributed by atoms with E-state index < -0.39 is 0 Å². The number of aromatic nitrogens is 2. The van der Waals surface area contributed by atoms with Crippen molar-refractivity contribution >= 4 is 35.1 Å². The minimum Gasteiger partial charge on any atom is -0.329 e. The van der Waals surface area contributed by atoms with E-state index in [0.717, 1.165) is 21.5 Å². The van der Waals surface area contributed by atoms with Crippen LogP contribution in [0.15, 0.2) is 75.9 Å². The van der Waals surface area contributed by atoms with Crippen molar-refractivity contribution in [2.24, 2.45) is 7.05 Å². The van der Waals surface area contributed by atoms with Crippen LogP contribution in [-0.4, -0.2) is 21.2 Å². The van der Waals surface area contributed by atoms with E-state index in [-0.39, 0.29) is 5.91 Å². The number of amides is 1. The van der Waals surface area contributed by atoms with Crippen molar-refractivity contribution in [3.8, 4) is 0 Å². The minimum atomic E-state index is 0.0362. The van der Waals surface area contributed by atoms with Crippen molar-refractivity contribution < 1.29 is 4.79 Å². The third-order valence-corrected chi connectivity index (χ3v) is 5.84. The van der Waals surface area contributed by atoms with Gasteiger partial charge in [0.25, 0.3) is 0 Å². The van der Waals surface area contributed by atoms with Crippen LogP contribution < -0.4 is 5.32 Å². The molecule has 3 aromatic rings. The number of benzene rings is 2. The predicted molar refractivity (Wildman–Crippen MR) is 109 cm³/mol. The molecular weight excluding hydrogens is 362 g/mol. The van der Waals surface area contributed by atoms with E-state index in [1.54, 1.807) is 29.7 Å². The number of imidazole rings is 1. The molecule has 1 amide bonds.